The van der Waals surface area contributed by atoms with Gasteiger partial charge >= 0.3 is 37.9 Å². The number of halogens is 2. The van der Waals surface area contributed by atoms with Crippen molar-refractivity contribution in [2.75, 3.05) is 0 Å². The fraction of sp³-hybridized carbons (Fsp3) is 0.308. The van der Waals surface area contributed by atoms with Crippen molar-refractivity contribution in [2.24, 2.45) is 0 Å². The van der Waals surface area contributed by atoms with Gasteiger partial charge in [0.05, 0.1) is 9.52 Å². The molecule has 0 spiro atoms. The van der Waals surface area contributed by atoms with Crippen LogP contribution in [0.2, 0.25) is 0 Å². The molecule has 0 amide bonds. The number of fused-ring (bicyclic) bond motifs is 4. The molecule has 220 valence electrons. The first-order chi connectivity index (χ1) is 20.5. The van der Waals surface area contributed by atoms with Crippen LogP contribution < -0.4 is 10.4 Å². The number of hydrogen-bond acceptors (Lipinski definition) is 0. The van der Waals surface area contributed by atoms with Gasteiger partial charge in [0.2, 0.25) is 0 Å². The Balaban J connectivity index is 0.000000217. The third-order valence-electron chi connectivity index (χ3n) is 8.16. The first kappa shape index (κ1) is 34.1. The predicted octanol–water partition coefficient (Wildman–Crippen LogP) is 10.8. The van der Waals surface area contributed by atoms with Gasteiger partial charge in [-0.1, -0.05) is 120 Å². The van der Waals surface area contributed by atoms with Crippen LogP contribution in [0, 0.1) is 6.07 Å². The van der Waals surface area contributed by atoms with Crippen LogP contribution in [0.5, 0.6) is 0 Å². The van der Waals surface area contributed by atoms with Gasteiger partial charge in [0.25, 0.3) is 0 Å². The van der Waals surface area contributed by atoms with Gasteiger partial charge in [-0.2, -0.15) is 35.5 Å². The van der Waals surface area contributed by atoms with Crippen LogP contribution in [0.4, 0.5) is 0 Å². The van der Waals surface area contributed by atoms with E-state index in [1.807, 2.05) is 6.07 Å². The van der Waals surface area contributed by atoms with Crippen LogP contribution in [0.3, 0.4) is 0 Å². The molecule has 1 heterocycles. The molecule has 4 heteroatoms. The molecule has 43 heavy (non-hydrogen) atoms. The molecule has 6 rings (SSSR count). The number of rotatable bonds is 4. The number of hydrogen-bond donors (Lipinski definition) is 0. The summed E-state index contributed by atoms with van der Waals surface area (Å²) < 4.78 is 0. The van der Waals surface area contributed by atoms with E-state index in [2.05, 4.69) is 140 Å². The molecule has 2 radical (unpaired) electrons. The Bertz CT molecular complexity index is 1600. The summed E-state index contributed by atoms with van der Waals surface area (Å²) in [5.74, 6) is 1.08. The monoisotopic (exact) mass is 698 g/mol. The van der Waals surface area contributed by atoms with Gasteiger partial charge in [-0.05, 0) is 40.4 Å². The van der Waals surface area contributed by atoms with Crippen molar-refractivity contribution in [1.29, 1.82) is 0 Å². The topological polar surface area (TPSA) is 0 Å². The normalized spacial score (nSPS) is 11.8. The second-order valence-corrected chi connectivity index (χ2v) is 17.9. The molecular weight excluding hydrogens is 659 g/mol. The summed E-state index contributed by atoms with van der Waals surface area (Å²) in [5, 5.41) is 5.60. The van der Waals surface area contributed by atoms with Gasteiger partial charge in [0, 0.05) is 0 Å². The Labute approximate surface area is 281 Å². The second kappa shape index (κ2) is 15.0. The van der Waals surface area contributed by atoms with Crippen LogP contribution >= 0.6 is 17.0 Å². The average molecular weight is 701 g/mol. The third kappa shape index (κ3) is 8.07. The van der Waals surface area contributed by atoms with E-state index < -0.39 is 20.8 Å². The van der Waals surface area contributed by atoms with Gasteiger partial charge in [-0.25, -0.2) is 0 Å². The van der Waals surface area contributed by atoms with Crippen molar-refractivity contribution in [2.45, 2.75) is 79.1 Å². The molecule has 0 fully saturated rings. The van der Waals surface area contributed by atoms with Gasteiger partial charge in [0.15, 0.2) is 0 Å². The molecule has 0 nitrogen and oxygen atoms in total. The van der Waals surface area contributed by atoms with Crippen LogP contribution in [0.1, 0.15) is 89.5 Å². The molecular formula is C39H42Cl2SiZr. The molecule has 1 aliphatic heterocycles. The maximum Gasteiger partial charge on any atom is 0.0920 e. The molecule has 0 N–H and O–H groups in total. The molecule has 1 aliphatic rings. The van der Waals surface area contributed by atoms with E-state index in [0.717, 1.165) is 15.9 Å². The van der Waals surface area contributed by atoms with E-state index in [0.29, 0.717) is 11.8 Å². The van der Waals surface area contributed by atoms with E-state index in [-0.39, 0.29) is 5.41 Å². The summed E-state index contributed by atoms with van der Waals surface area (Å²) in [6.07, 6.45) is 1.06. The maximum absolute atomic E-state index is 4.93. The SMILES string of the molecule is CCc1ccc2[cH-]c(C(C)(C)C)cc2c1-c1cc(C(C)C)cc(C(C)C)c1.[Cl][Zr+2][Cl].[c-]1cccc2c1[Si]c1ccccc1-2. The Morgan fingerprint density at radius 2 is 1.47 bits per heavy atom. The summed E-state index contributed by atoms with van der Waals surface area (Å²) in [4.78, 5) is 0. The Morgan fingerprint density at radius 1 is 0.837 bits per heavy atom. The zero-order chi connectivity index (χ0) is 31.3. The van der Waals surface area contributed by atoms with Gasteiger partial charge in [0.1, 0.15) is 0 Å². The smallest absolute Gasteiger partial charge is 0.0920 e. The number of aryl methyl sites for hydroxylation is 1. The fourth-order valence-corrected chi connectivity index (χ4v) is 6.92. The molecule has 0 atom stereocenters. The quantitative estimate of drug-likeness (QED) is 0.127. The summed E-state index contributed by atoms with van der Waals surface area (Å²) in [6.45, 7) is 18.4. The first-order valence-corrected chi connectivity index (χ1v) is 22.5. The van der Waals surface area contributed by atoms with Crippen molar-refractivity contribution in [3.63, 3.8) is 0 Å². The Morgan fingerprint density at radius 3 is 2.07 bits per heavy atom. The Hall–Kier alpha value is -1.83. The van der Waals surface area contributed by atoms with E-state index in [9.17, 15) is 0 Å². The Kier molecular flexibility index (Phi) is 11.9. The maximum atomic E-state index is 4.93. The van der Waals surface area contributed by atoms with Crippen LogP contribution in [0.25, 0.3) is 33.0 Å². The van der Waals surface area contributed by atoms with Gasteiger partial charge in [-0.15, -0.1) is 40.1 Å². The summed E-state index contributed by atoms with van der Waals surface area (Å²) in [7, 11) is 10.7. The van der Waals surface area contributed by atoms with Gasteiger partial charge < -0.3 is 0 Å². The fourth-order valence-electron chi connectivity index (χ4n) is 5.61. The minimum atomic E-state index is -0.826. The standard InChI is InChI=1S/C27H35.C12H7Si.2ClH.Zr/c1-9-19-10-11-20-15-24(27(6,7)8)16-25(20)26(19)23-13-21(17(2)3)12-22(14-23)18(4)5;1-3-7-11-9(5-1)10-6-2-4-8-12(10)13-11;;;/h10-18H,9H2,1-8H3;1-7H;2*1H;/q2*-1;;;+4/p-2. The second-order valence-electron chi connectivity index (χ2n) is 12.8. The summed E-state index contributed by atoms with van der Waals surface area (Å²) in [5.41, 5.74) is 11.5. The van der Waals surface area contributed by atoms with E-state index in [1.165, 1.54) is 65.7 Å². The minimum absolute atomic E-state index is 0.172. The third-order valence-corrected chi connectivity index (χ3v) is 9.53. The van der Waals surface area contributed by atoms with Crippen molar-refractivity contribution >= 4 is 47.7 Å². The first-order valence-electron chi connectivity index (χ1n) is 15.2. The molecule has 0 aliphatic carbocycles. The van der Waals surface area contributed by atoms with Crippen LogP contribution in [-0.2, 0) is 32.7 Å². The minimum Gasteiger partial charge on any atom is -0.184 e. The molecule has 0 bridgehead atoms. The molecule has 0 saturated carbocycles. The van der Waals surface area contributed by atoms with E-state index in [4.69, 9.17) is 17.0 Å². The van der Waals surface area contributed by atoms with Gasteiger partial charge in [-0.3, -0.25) is 0 Å². The van der Waals surface area contributed by atoms with E-state index >= 15 is 0 Å². The van der Waals surface area contributed by atoms with Crippen molar-refractivity contribution in [3.8, 4) is 22.3 Å². The van der Waals surface area contributed by atoms with Crippen molar-refractivity contribution in [1.82, 2.24) is 0 Å². The molecule has 5 aromatic rings. The zero-order valence-corrected chi connectivity index (χ0v) is 31.7. The van der Waals surface area contributed by atoms with Crippen molar-refractivity contribution in [3.05, 3.63) is 113 Å². The predicted molar refractivity (Wildman–Crippen MR) is 189 cm³/mol. The molecule has 5 aromatic carbocycles. The molecule has 0 saturated heterocycles. The average Bonchev–Trinajstić information content (AvgIpc) is 3.59. The molecule has 0 unspecified atom stereocenters. The largest absolute Gasteiger partial charge is 0.184 e. The summed E-state index contributed by atoms with van der Waals surface area (Å²) >= 11 is -0.826. The van der Waals surface area contributed by atoms with Crippen LogP contribution in [0.15, 0.2) is 84.9 Å². The zero-order valence-electron chi connectivity index (χ0n) is 26.7. The molecule has 0 aromatic heterocycles. The van der Waals surface area contributed by atoms with Crippen molar-refractivity contribution < 1.29 is 20.8 Å². The van der Waals surface area contributed by atoms with E-state index in [1.54, 1.807) is 0 Å². The summed E-state index contributed by atoms with van der Waals surface area (Å²) in [6, 6.07) is 34.9. The van der Waals surface area contributed by atoms with Crippen LogP contribution in [-0.4, -0.2) is 9.52 Å². The number of benzene rings is 4.